The highest BCUT2D eigenvalue weighted by molar-refractivity contribution is 8.60. The fraction of sp³-hybridized carbons (Fsp3) is 0.107. The molecule has 0 heterocycles. The van der Waals surface area contributed by atoms with Crippen molar-refractivity contribution in [3.63, 3.8) is 0 Å². The van der Waals surface area contributed by atoms with E-state index in [1.54, 1.807) is 0 Å². The molecule has 0 fully saturated rings. The summed E-state index contributed by atoms with van der Waals surface area (Å²) in [4.78, 5) is 12.9. The molecule has 4 aromatic rings. The molecule has 3 nitrogen and oxygen atoms in total. The third kappa shape index (κ3) is 6.56. The second-order valence-corrected chi connectivity index (χ2v) is 13.5. The molecule has 0 aliphatic rings. The molecule has 0 saturated heterocycles. The Kier molecular flexibility index (Phi) is 9.30. The highest BCUT2D eigenvalue weighted by Gasteiger charge is 2.27. The van der Waals surface area contributed by atoms with Crippen LogP contribution < -0.4 is 26.3 Å². The predicted octanol–water partition coefficient (Wildman–Crippen LogP) is 4.95. The van der Waals surface area contributed by atoms with Gasteiger partial charge in [0.15, 0.2) is 0 Å². The van der Waals surface area contributed by atoms with Gasteiger partial charge in [0, 0.05) is 20.9 Å². The number of carbonyl (C=O) groups is 1. The maximum absolute atomic E-state index is 12.9. The molecule has 0 aliphatic carbocycles. The van der Waals surface area contributed by atoms with E-state index in [4.69, 9.17) is 4.74 Å². The van der Waals surface area contributed by atoms with Crippen LogP contribution in [-0.4, -0.2) is 24.9 Å². The summed E-state index contributed by atoms with van der Waals surface area (Å²) in [6.45, 7) is 0. The number of methoxy groups -OCH3 is 1. The molecule has 0 amide bonds. The lowest BCUT2D eigenvalue weighted by Crippen LogP contribution is -2.40. The molecule has 0 aromatic heterocycles. The second-order valence-electron chi connectivity index (χ2n) is 7.47. The Hall–Kier alpha value is -2.48. The minimum atomic E-state index is -0.925. The number of rotatable bonds is 10. The second kappa shape index (κ2) is 12.8. The summed E-state index contributed by atoms with van der Waals surface area (Å²) in [6.07, 6.45) is 0. The summed E-state index contributed by atoms with van der Waals surface area (Å²) in [5.41, 5.74) is 0. The largest absolute Gasteiger partial charge is 0.468 e. The van der Waals surface area contributed by atoms with Crippen molar-refractivity contribution >= 4 is 53.8 Å². The van der Waals surface area contributed by atoms with Crippen LogP contribution in [0.15, 0.2) is 121 Å². The molecule has 0 spiro atoms. The van der Waals surface area contributed by atoms with Crippen molar-refractivity contribution in [2.24, 2.45) is 0 Å². The number of carbonyl (C=O) groups excluding carboxylic acids is 1. The van der Waals surface area contributed by atoms with E-state index in [1.807, 2.05) is 59.9 Å². The molecule has 0 saturated carbocycles. The average molecular weight is 504 g/mol. The van der Waals surface area contributed by atoms with E-state index in [1.165, 1.54) is 28.3 Å². The standard InChI is InChI=1S/C28H27NO2P2S/c1-31-28(30)27(29-32(23-14-6-2-7-15-23)24-16-8-3-9-17-24)22-34-33(25-18-10-4-11-19-25)26-20-12-5-13-21-26/h2-21,27,29H,22H2,1H3. The van der Waals surface area contributed by atoms with Crippen LogP contribution in [0.1, 0.15) is 0 Å². The minimum Gasteiger partial charge on any atom is -0.468 e. The number of benzene rings is 4. The first-order valence-electron chi connectivity index (χ1n) is 11.0. The topological polar surface area (TPSA) is 38.3 Å². The highest BCUT2D eigenvalue weighted by atomic mass is 32.7. The number of esters is 1. The zero-order valence-corrected chi connectivity index (χ0v) is 21.6. The van der Waals surface area contributed by atoms with Gasteiger partial charge in [-0.25, -0.2) is 0 Å². The van der Waals surface area contributed by atoms with E-state index < -0.39 is 21.2 Å². The first-order chi connectivity index (χ1) is 16.8. The van der Waals surface area contributed by atoms with Crippen molar-refractivity contribution in [3.05, 3.63) is 121 Å². The minimum absolute atomic E-state index is 0.233. The molecule has 4 aromatic carbocycles. The van der Waals surface area contributed by atoms with E-state index in [0.29, 0.717) is 5.75 Å². The van der Waals surface area contributed by atoms with Crippen molar-refractivity contribution in [2.45, 2.75) is 6.04 Å². The zero-order chi connectivity index (χ0) is 23.6. The van der Waals surface area contributed by atoms with Crippen LogP contribution in [0.3, 0.4) is 0 Å². The van der Waals surface area contributed by atoms with Crippen LogP contribution in [-0.2, 0) is 9.53 Å². The Morgan fingerprint density at radius 3 is 1.47 bits per heavy atom. The molecule has 34 heavy (non-hydrogen) atoms. The Morgan fingerprint density at radius 1 is 0.706 bits per heavy atom. The maximum atomic E-state index is 12.9. The Labute approximate surface area is 208 Å². The first-order valence-corrected chi connectivity index (χ1v) is 15.3. The summed E-state index contributed by atoms with van der Waals surface area (Å²) in [5.74, 6) is 0.378. The SMILES string of the molecule is COC(=O)C(CSP(c1ccccc1)c1ccccc1)NP(c1ccccc1)c1ccccc1. The molecule has 0 bridgehead atoms. The quantitative estimate of drug-likeness (QED) is 0.246. The molecule has 1 unspecified atom stereocenters. The van der Waals surface area contributed by atoms with E-state index in [2.05, 4.69) is 77.9 Å². The molecule has 6 heteroatoms. The van der Waals surface area contributed by atoms with Gasteiger partial charge in [-0.15, -0.1) is 11.4 Å². The summed E-state index contributed by atoms with van der Waals surface area (Å²) < 4.78 is 5.23. The fourth-order valence-electron chi connectivity index (χ4n) is 3.48. The lowest BCUT2D eigenvalue weighted by Gasteiger charge is -2.26. The van der Waals surface area contributed by atoms with Crippen molar-refractivity contribution in [2.75, 3.05) is 12.9 Å². The molecular weight excluding hydrogens is 476 g/mol. The zero-order valence-electron chi connectivity index (χ0n) is 19.0. The molecule has 1 N–H and O–H groups in total. The first kappa shape index (κ1) is 24.6. The maximum Gasteiger partial charge on any atom is 0.324 e. The lowest BCUT2D eigenvalue weighted by molar-refractivity contribution is -0.141. The van der Waals surface area contributed by atoms with Gasteiger partial charge < -0.3 is 4.74 Å². The van der Waals surface area contributed by atoms with Gasteiger partial charge in [0.05, 0.1) is 7.11 Å². The van der Waals surface area contributed by atoms with Crippen LogP contribution in [0.2, 0.25) is 0 Å². The van der Waals surface area contributed by atoms with Gasteiger partial charge in [-0.1, -0.05) is 121 Å². The number of ether oxygens (including phenoxy) is 1. The van der Waals surface area contributed by atoms with Crippen LogP contribution in [0.4, 0.5) is 0 Å². The van der Waals surface area contributed by atoms with Gasteiger partial charge in [0.2, 0.25) is 0 Å². The third-order valence-electron chi connectivity index (χ3n) is 5.15. The van der Waals surface area contributed by atoms with Crippen molar-refractivity contribution < 1.29 is 9.53 Å². The normalized spacial score (nSPS) is 12.0. The summed E-state index contributed by atoms with van der Waals surface area (Å²) in [7, 11) is -0.131. The number of hydrogen-bond acceptors (Lipinski definition) is 4. The highest BCUT2D eigenvalue weighted by Crippen LogP contribution is 2.48. The lowest BCUT2D eigenvalue weighted by atomic mass is 10.4. The van der Waals surface area contributed by atoms with Crippen molar-refractivity contribution in [1.82, 2.24) is 5.09 Å². The summed E-state index contributed by atoms with van der Waals surface area (Å²) >= 11 is 1.82. The third-order valence-corrected chi connectivity index (χ3v) is 12.1. The average Bonchev–Trinajstić information content (AvgIpc) is 2.92. The number of nitrogens with one attached hydrogen (secondary N) is 1. The van der Waals surface area contributed by atoms with Gasteiger partial charge in [-0.2, -0.15) is 0 Å². The predicted molar refractivity (Wildman–Crippen MR) is 150 cm³/mol. The van der Waals surface area contributed by atoms with Crippen molar-refractivity contribution in [1.29, 1.82) is 0 Å². The van der Waals surface area contributed by atoms with Crippen molar-refractivity contribution in [3.8, 4) is 0 Å². The van der Waals surface area contributed by atoms with E-state index >= 15 is 0 Å². The Balaban J connectivity index is 1.60. The van der Waals surface area contributed by atoms with E-state index in [0.717, 1.165) is 0 Å². The Morgan fingerprint density at radius 2 is 1.09 bits per heavy atom. The van der Waals surface area contributed by atoms with Gasteiger partial charge in [-0.05, 0) is 21.2 Å². The molecule has 1 atom stereocenters. The molecular formula is C28H27NO2P2S. The van der Waals surface area contributed by atoms with Crippen LogP contribution in [0.5, 0.6) is 0 Å². The van der Waals surface area contributed by atoms with Crippen LogP contribution in [0, 0.1) is 0 Å². The summed E-state index contributed by atoms with van der Waals surface area (Å²) in [5, 5.41) is 8.60. The van der Waals surface area contributed by atoms with E-state index in [-0.39, 0.29) is 5.97 Å². The number of hydrogen-bond donors (Lipinski definition) is 1. The fourth-order valence-corrected chi connectivity index (χ4v) is 10.2. The van der Waals surface area contributed by atoms with Gasteiger partial charge in [0.25, 0.3) is 0 Å². The van der Waals surface area contributed by atoms with Crippen LogP contribution in [0.25, 0.3) is 0 Å². The smallest absolute Gasteiger partial charge is 0.324 e. The van der Waals surface area contributed by atoms with E-state index in [9.17, 15) is 4.79 Å². The van der Waals surface area contributed by atoms with Gasteiger partial charge >= 0.3 is 5.97 Å². The van der Waals surface area contributed by atoms with Gasteiger partial charge in [-0.3, -0.25) is 9.88 Å². The molecule has 0 aliphatic heterocycles. The Bertz CT molecular complexity index is 1070. The monoisotopic (exact) mass is 503 g/mol. The molecule has 172 valence electrons. The molecule has 0 radical (unpaired) electrons. The summed E-state index contributed by atoms with van der Waals surface area (Å²) in [6, 6.07) is 41.3. The molecule has 4 rings (SSSR count). The van der Waals surface area contributed by atoms with Crippen LogP contribution >= 0.6 is 26.6 Å². The van der Waals surface area contributed by atoms with Gasteiger partial charge in [0.1, 0.15) is 6.04 Å².